The van der Waals surface area contributed by atoms with E-state index in [2.05, 4.69) is 0 Å². The summed E-state index contributed by atoms with van der Waals surface area (Å²) in [6.45, 7) is 1.97. The van der Waals surface area contributed by atoms with Crippen LogP contribution in [0.4, 0.5) is 0 Å². The lowest BCUT2D eigenvalue weighted by Crippen LogP contribution is -2.23. The molecule has 0 amide bonds. The number of hydrogen-bond acceptors (Lipinski definition) is 3. The van der Waals surface area contributed by atoms with Crippen molar-refractivity contribution in [1.29, 1.82) is 0 Å². The molecule has 0 aromatic carbocycles. The average molecular weight is 175 g/mol. The Morgan fingerprint density at radius 2 is 1.82 bits per heavy atom. The summed E-state index contributed by atoms with van der Waals surface area (Å²) in [4.78, 5) is 0. The molecule has 3 atom stereocenters. The first kappa shape index (κ1) is 7.55. The summed E-state index contributed by atoms with van der Waals surface area (Å²) in [5.74, 6) is 2.09. The molecule has 2 aliphatic rings. The smallest absolute Gasteiger partial charge is 0.150 e. The van der Waals surface area contributed by atoms with Crippen molar-refractivity contribution in [2.24, 2.45) is 23.5 Å². The maximum Gasteiger partial charge on any atom is 0.150 e. The predicted octanol–water partition coefficient (Wildman–Crippen LogP) is -0.376. The molecule has 0 aromatic rings. The minimum Gasteiger partial charge on any atom is -0.328 e. The Bertz CT molecular complexity index is 252. The highest BCUT2D eigenvalue weighted by atomic mass is 32.2. The van der Waals surface area contributed by atoms with Crippen molar-refractivity contribution in [3.05, 3.63) is 0 Å². The number of hydrogen-bond donors (Lipinski definition) is 1. The monoisotopic (exact) mass is 175 g/mol. The van der Waals surface area contributed by atoms with Crippen molar-refractivity contribution in [1.82, 2.24) is 0 Å². The standard InChI is InChI=1S/C7H13NO2S/c1-4(8)7-5-2-11(9,10)3-6(5)7/h4-7H,2-3,8H2,1H3. The molecule has 0 bridgehead atoms. The number of nitrogens with two attached hydrogens (primary N) is 1. The fourth-order valence-electron chi connectivity index (χ4n) is 2.38. The highest BCUT2D eigenvalue weighted by Crippen LogP contribution is 2.53. The van der Waals surface area contributed by atoms with Crippen LogP contribution in [0.15, 0.2) is 0 Å². The zero-order valence-corrected chi connectivity index (χ0v) is 7.34. The van der Waals surface area contributed by atoms with Gasteiger partial charge in [-0.25, -0.2) is 8.42 Å². The van der Waals surface area contributed by atoms with Crippen LogP contribution in [-0.2, 0) is 9.84 Å². The molecule has 2 N–H and O–H groups in total. The van der Waals surface area contributed by atoms with Gasteiger partial charge in [0.05, 0.1) is 11.5 Å². The number of sulfone groups is 1. The van der Waals surface area contributed by atoms with Crippen LogP contribution in [0.1, 0.15) is 6.92 Å². The average Bonchev–Trinajstić information content (AvgIpc) is 2.31. The van der Waals surface area contributed by atoms with Crippen LogP contribution < -0.4 is 5.73 Å². The van der Waals surface area contributed by atoms with Crippen molar-refractivity contribution in [2.45, 2.75) is 13.0 Å². The molecule has 2 rings (SSSR count). The van der Waals surface area contributed by atoms with Gasteiger partial charge in [0.1, 0.15) is 0 Å². The van der Waals surface area contributed by atoms with E-state index in [0.29, 0.717) is 29.3 Å². The van der Waals surface area contributed by atoms with Gasteiger partial charge in [-0.1, -0.05) is 0 Å². The van der Waals surface area contributed by atoms with E-state index in [1.54, 1.807) is 0 Å². The van der Waals surface area contributed by atoms with Crippen molar-refractivity contribution >= 4 is 9.84 Å². The topological polar surface area (TPSA) is 60.2 Å². The molecule has 64 valence electrons. The summed E-state index contributed by atoms with van der Waals surface area (Å²) in [7, 11) is -2.67. The molecule has 1 aliphatic heterocycles. The van der Waals surface area contributed by atoms with Crippen LogP contribution in [-0.4, -0.2) is 26.0 Å². The van der Waals surface area contributed by atoms with Crippen LogP contribution in [0.25, 0.3) is 0 Å². The molecule has 4 heteroatoms. The van der Waals surface area contributed by atoms with Crippen molar-refractivity contribution < 1.29 is 8.42 Å². The van der Waals surface area contributed by atoms with Gasteiger partial charge in [-0.15, -0.1) is 0 Å². The first-order valence-corrected chi connectivity index (χ1v) is 5.79. The highest BCUT2D eigenvalue weighted by molar-refractivity contribution is 7.91. The summed E-state index contributed by atoms with van der Waals surface area (Å²) >= 11 is 0. The third kappa shape index (κ3) is 1.08. The van der Waals surface area contributed by atoms with Crippen LogP contribution in [0.5, 0.6) is 0 Å². The molecule has 0 radical (unpaired) electrons. The van der Waals surface area contributed by atoms with E-state index in [1.807, 2.05) is 6.92 Å². The van der Waals surface area contributed by atoms with Crippen LogP contribution >= 0.6 is 0 Å². The van der Waals surface area contributed by atoms with Gasteiger partial charge in [-0.05, 0) is 24.7 Å². The molecule has 3 unspecified atom stereocenters. The molecule has 1 saturated carbocycles. The predicted molar refractivity (Wildman–Crippen MR) is 42.8 cm³/mol. The fourth-order valence-corrected chi connectivity index (χ4v) is 4.63. The molecule has 1 saturated heterocycles. The SMILES string of the molecule is CC(N)C1C2CS(=O)(=O)CC21. The van der Waals surface area contributed by atoms with Gasteiger partial charge in [-0.2, -0.15) is 0 Å². The van der Waals surface area contributed by atoms with E-state index < -0.39 is 9.84 Å². The summed E-state index contributed by atoms with van der Waals surface area (Å²) in [6.07, 6.45) is 0. The Kier molecular flexibility index (Phi) is 1.36. The molecule has 2 fully saturated rings. The second-order valence-electron chi connectivity index (χ2n) is 3.84. The van der Waals surface area contributed by atoms with Crippen molar-refractivity contribution in [3.63, 3.8) is 0 Å². The highest BCUT2D eigenvalue weighted by Gasteiger charge is 2.59. The van der Waals surface area contributed by atoms with E-state index in [1.165, 1.54) is 0 Å². The lowest BCUT2D eigenvalue weighted by molar-refractivity contribution is 0.559. The van der Waals surface area contributed by atoms with E-state index in [9.17, 15) is 8.42 Å². The fraction of sp³-hybridized carbons (Fsp3) is 1.00. The Balaban J connectivity index is 2.06. The lowest BCUT2D eigenvalue weighted by atomic mass is 10.2. The Morgan fingerprint density at radius 1 is 1.36 bits per heavy atom. The lowest BCUT2D eigenvalue weighted by Gasteiger charge is -2.06. The van der Waals surface area contributed by atoms with Gasteiger partial charge < -0.3 is 5.73 Å². The second-order valence-corrected chi connectivity index (χ2v) is 5.99. The van der Waals surface area contributed by atoms with E-state index in [4.69, 9.17) is 5.73 Å². The van der Waals surface area contributed by atoms with Gasteiger partial charge in [0.2, 0.25) is 0 Å². The zero-order chi connectivity index (χ0) is 8.22. The Labute approximate surface area is 66.9 Å². The summed E-state index contributed by atoms with van der Waals surface area (Å²) in [5.41, 5.74) is 5.68. The second kappa shape index (κ2) is 1.98. The minimum absolute atomic E-state index is 0.181. The molecular weight excluding hydrogens is 162 g/mol. The quantitative estimate of drug-likeness (QED) is 0.591. The molecular formula is C7H13NO2S. The molecule has 0 aromatic heterocycles. The number of rotatable bonds is 1. The summed E-state index contributed by atoms with van der Waals surface area (Å²) in [5, 5.41) is 0. The van der Waals surface area contributed by atoms with Crippen LogP contribution in [0.3, 0.4) is 0 Å². The van der Waals surface area contributed by atoms with Gasteiger partial charge >= 0.3 is 0 Å². The molecule has 11 heavy (non-hydrogen) atoms. The first-order chi connectivity index (χ1) is 5.01. The molecule has 1 aliphatic carbocycles. The van der Waals surface area contributed by atoms with E-state index in [-0.39, 0.29) is 6.04 Å². The number of fused-ring (bicyclic) bond motifs is 1. The Morgan fingerprint density at radius 3 is 2.18 bits per heavy atom. The third-order valence-corrected chi connectivity index (χ3v) is 4.68. The molecule has 0 spiro atoms. The van der Waals surface area contributed by atoms with Crippen molar-refractivity contribution in [3.8, 4) is 0 Å². The Hall–Kier alpha value is -0.0900. The van der Waals surface area contributed by atoms with Gasteiger partial charge in [-0.3, -0.25) is 0 Å². The van der Waals surface area contributed by atoms with Crippen LogP contribution in [0, 0.1) is 17.8 Å². The maximum atomic E-state index is 11.0. The zero-order valence-electron chi connectivity index (χ0n) is 6.53. The maximum absolute atomic E-state index is 11.0. The first-order valence-electron chi connectivity index (χ1n) is 3.97. The van der Waals surface area contributed by atoms with Gasteiger partial charge in [0, 0.05) is 6.04 Å². The van der Waals surface area contributed by atoms with Gasteiger partial charge in [0.15, 0.2) is 9.84 Å². The third-order valence-electron chi connectivity index (χ3n) is 2.90. The van der Waals surface area contributed by atoms with E-state index >= 15 is 0 Å². The largest absolute Gasteiger partial charge is 0.328 e. The summed E-state index contributed by atoms with van der Waals surface area (Å²) in [6, 6.07) is 0.181. The molecule has 3 nitrogen and oxygen atoms in total. The normalized spacial score (nSPS) is 48.4. The minimum atomic E-state index is -2.67. The summed E-state index contributed by atoms with van der Waals surface area (Å²) < 4.78 is 22.0. The van der Waals surface area contributed by atoms with Gasteiger partial charge in [0.25, 0.3) is 0 Å². The molecule has 1 heterocycles. The van der Waals surface area contributed by atoms with E-state index in [0.717, 1.165) is 0 Å². The van der Waals surface area contributed by atoms with Crippen molar-refractivity contribution in [2.75, 3.05) is 11.5 Å². The van der Waals surface area contributed by atoms with Crippen LogP contribution in [0.2, 0.25) is 0 Å².